The van der Waals surface area contributed by atoms with E-state index in [9.17, 15) is 14.4 Å². The highest BCUT2D eigenvalue weighted by molar-refractivity contribution is 5.96. The summed E-state index contributed by atoms with van der Waals surface area (Å²) in [5, 5.41) is 5.63. The van der Waals surface area contributed by atoms with Crippen LogP contribution < -0.4 is 26.0 Å². The highest BCUT2D eigenvalue weighted by Gasteiger charge is 2.26. The molecule has 0 radical (unpaired) electrons. The van der Waals surface area contributed by atoms with E-state index in [1.54, 1.807) is 62.6 Å². The van der Waals surface area contributed by atoms with Gasteiger partial charge in [0, 0.05) is 16.9 Å². The minimum absolute atomic E-state index is 0.151. The van der Waals surface area contributed by atoms with Crippen molar-refractivity contribution in [1.82, 2.24) is 0 Å². The number of benzene rings is 2. The minimum atomic E-state index is -0.527. The second-order valence-electron chi connectivity index (χ2n) is 6.62. The Labute approximate surface area is 170 Å². The highest BCUT2D eigenvalue weighted by atomic mass is 16.5. The zero-order chi connectivity index (χ0) is 21.4. The third kappa shape index (κ3) is 6.32. The number of ether oxygens (including phenoxy) is 1. The molecule has 2 rings (SSSR count). The summed E-state index contributed by atoms with van der Waals surface area (Å²) in [4.78, 5) is 36.9. The van der Waals surface area contributed by atoms with Gasteiger partial charge in [-0.05, 0) is 62.4 Å². The summed E-state index contributed by atoms with van der Waals surface area (Å²) >= 11 is 0. The zero-order valence-electron chi connectivity index (χ0n) is 16.8. The summed E-state index contributed by atoms with van der Waals surface area (Å²) < 4.78 is 5.10. The lowest BCUT2D eigenvalue weighted by Crippen LogP contribution is -3.17. The average Bonchev–Trinajstić information content (AvgIpc) is 2.72. The Morgan fingerprint density at radius 1 is 1.00 bits per heavy atom. The van der Waals surface area contributed by atoms with Crippen molar-refractivity contribution in [3.8, 4) is 5.75 Å². The second-order valence-corrected chi connectivity index (χ2v) is 6.62. The number of quaternary nitrogens is 1. The van der Waals surface area contributed by atoms with Crippen molar-refractivity contribution in [1.29, 1.82) is 0 Å². The van der Waals surface area contributed by atoms with Crippen molar-refractivity contribution in [2.24, 2.45) is 5.73 Å². The number of hydrogen-bond donors (Lipinski definition) is 4. The van der Waals surface area contributed by atoms with E-state index < -0.39 is 11.9 Å². The minimum Gasteiger partial charge on any atom is -0.497 e. The Morgan fingerprint density at radius 2 is 1.55 bits per heavy atom. The number of rotatable bonds is 9. The van der Waals surface area contributed by atoms with Crippen LogP contribution in [0.5, 0.6) is 5.75 Å². The third-order valence-corrected chi connectivity index (χ3v) is 4.66. The van der Waals surface area contributed by atoms with Crippen molar-refractivity contribution in [3.63, 3.8) is 0 Å². The number of carbonyl (C=O) groups is 3. The van der Waals surface area contributed by atoms with E-state index in [0.29, 0.717) is 29.2 Å². The first-order valence-corrected chi connectivity index (χ1v) is 9.33. The van der Waals surface area contributed by atoms with Crippen LogP contribution in [0.1, 0.15) is 24.2 Å². The largest absolute Gasteiger partial charge is 0.497 e. The quantitative estimate of drug-likeness (QED) is 0.496. The summed E-state index contributed by atoms with van der Waals surface area (Å²) in [5.41, 5.74) is 6.81. The lowest BCUT2D eigenvalue weighted by atomic mass is 10.2. The van der Waals surface area contributed by atoms with E-state index in [2.05, 4.69) is 10.6 Å². The van der Waals surface area contributed by atoms with Gasteiger partial charge in [0.1, 0.15) is 5.75 Å². The van der Waals surface area contributed by atoms with E-state index in [1.807, 2.05) is 6.92 Å². The second kappa shape index (κ2) is 10.2. The first-order chi connectivity index (χ1) is 13.8. The van der Waals surface area contributed by atoms with Crippen LogP contribution in [0, 0.1) is 0 Å². The van der Waals surface area contributed by atoms with Gasteiger partial charge in [0.25, 0.3) is 11.8 Å². The zero-order valence-corrected chi connectivity index (χ0v) is 16.8. The summed E-state index contributed by atoms with van der Waals surface area (Å²) in [6.07, 6.45) is 0. The van der Waals surface area contributed by atoms with Gasteiger partial charge in [-0.15, -0.1) is 0 Å². The lowest BCUT2D eigenvalue weighted by Gasteiger charge is -2.23. The molecule has 2 atom stereocenters. The van der Waals surface area contributed by atoms with Crippen LogP contribution in [0.3, 0.4) is 0 Å². The molecule has 0 aliphatic carbocycles. The van der Waals surface area contributed by atoms with Crippen molar-refractivity contribution in [2.75, 3.05) is 30.8 Å². The first-order valence-electron chi connectivity index (χ1n) is 9.33. The van der Waals surface area contributed by atoms with Gasteiger partial charge in [-0.2, -0.15) is 0 Å². The SMILES string of the molecule is CC[NH+](CC(=O)Nc1ccc(OC)cc1)[C@H](C)C(=O)Nc1ccc(C(N)=O)cc1. The maximum atomic E-state index is 12.6. The first kappa shape index (κ1) is 21.9. The number of nitrogens with two attached hydrogens (primary N) is 1. The Hall–Kier alpha value is -3.39. The van der Waals surface area contributed by atoms with E-state index in [4.69, 9.17) is 10.5 Å². The standard InChI is InChI=1S/C21H26N4O4/c1-4-25(13-19(26)23-16-9-11-18(29-3)12-10-16)14(2)21(28)24-17-7-5-15(6-8-17)20(22)27/h5-12,14H,4,13H2,1-3H3,(H2,22,27)(H,23,26)(H,24,28)/p+1/t14-/m1/s1. The van der Waals surface area contributed by atoms with Crippen LogP contribution in [-0.4, -0.2) is 44.0 Å². The molecule has 0 saturated carbocycles. The monoisotopic (exact) mass is 399 g/mol. The van der Waals surface area contributed by atoms with Crippen LogP contribution >= 0.6 is 0 Å². The number of anilines is 2. The predicted octanol–water partition coefficient (Wildman–Crippen LogP) is 0.665. The summed E-state index contributed by atoms with van der Waals surface area (Å²) in [6.45, 7) is 4.44. The number of nitrogens with one attached hydrogen (secondary N) is 3. The molecule has 5 N–H and O–H groups in total. The van der Waals surface area contributed by atoms with Crippen LogP contribution in [0.25, 0.3) is 0 Å². The van der Waals surface area contributed by atoms with Gasteiger partial charge in [-0.3, -0.25) is 14.4 Å². The van der Waals surface area contributed by atoms with Crippen LogP contribution in [-0.2, 0) is 9.59 Å². The smallest absolute Gasteiger partial charge is 0.282 e. The maximum absolute atomic E-state index is 12.6. The Bertz CT molecular complexity index is 850. The molecule has 1 unspecified atom stereocenters. The van der Waals surface area contributed by atoms with Crippen molar-refractivity contribution >= 4 is 29.1 Å². The van der Waals surface area contributed by atoms with Gasteiger partial charge in [0.15, 0.2) is 12.6 Å². The van der Waals surface area contributed by atoms with Crippen molar-refractivity contribution in [3.05, 3.63) is 54.1 Å². The number of methoxy groups -OCH3 is 1. The number of carbonyl (C=O) groups excluding carboxylic acids is 3. The molecule has 154 valence electrons. The molecule has 8 heteroatoms. The van der Waals surface area contributed by atoms with E-state index >= 15 is 0 Å². The van der Waals surface area contributed by atoms with Crippen molar-refractivity contribution < 1.29 is 24.0 Å². The van der Waals surface area contributed by atoms with Gasteiger partial charge >= 0.3 is 0 Å². The Morgan fingerprint density at radius 3 is 2.07 bits per heavy atom. The van der Waals surface area contributed by atoms with Gasteiger partial charge in [0.05, 0.1) is 13.7 Å². The Kier molecular flexibility index (Phi) is 7.73. The molecule has 29 heavy (non-hydrogen) atoms. The molecule has 0 aliphatic heterocycles. The molecule has 3 amide bonds. The molecule has 0 aromatic heterocycles. The fraction of sp³-hybridized carbons (Fsp3) is 0.286. The Balaban J connectivity index is 1.93. The van der Waals surface area contributed by atoms with Crippen LogP contribution in [0.4, 0.5) is 11.4 Å². The summed E-state index contributed by atoms with van der Waals surface area (Å²) in [7, 11) is 1.58. The van der Waals surface area contributed by atoms with Crippen LogP contribution in [0.15, 0.2) is 48.5 Å². The van der Waals surface area contributed by atoms with Crippen molar-refractivity contribution in [2.45, 2.75) is 19.9 Å². The third-order valence-electron chi connectivity index (χ3n) is 4.66. The van der Waals surface area contributed by atoms with Gasteiger partial charge in [-0.25, -0.2) is 0 Å². The van der Waals surface area contributed by atoms with E-state index in [0.717, 1.165) is 4.90 Å². The van der Waals surface area contributed by atoms with E-state index in [-0.39, 0.29) is 18.4 Å². The van der Waals surface area contributed by atoms with Crippen LogP contribution in [0.2, 0.25) is 0 Å². The molecule has 0 heterocycles. The molecular formula is C21H27N4O4+. The molecule has 0 fully saturated rings. The number of hydrogen-bond acceptors (Lipinski definition) is 4. The molecule has 0 saturated heterocycles. The van der Waals surface area contributed by atoms with Gasteiger partial charge < -0.3 is 26.0 Å². The molecule has 8 nitrogen and oxygen atoms in total. The topological polar surface area (TPSA) is 115 Å². The van der Waals surface area contributed by atoms with E-state index in [1.165, 1.54) is 0 Å². The molecular weight excluding hydrogens is 372 g/mol. The fourth-order valence-corrected chi connectivity index (χ4v) is 2.82. The molecule has 2 aromatic rings. The molecule has 0 aliphatic rings. The normalized spacial score (nSPS) is 12.5. The highest BCUT2D eigenvalue weighted by Crippen LogP contribution is 2.14. The maximum Gasteiger partial charge on any atom is 0.282 e. The lowest BCUT2D eigenvalue weighted by molar-refractivity contribution is -0.904. The van der Waals surface area contributed by atoms with Gasteiger partial charge in [0.2, 0.25) is 5.91 Å². The van der Waals surface area contributed by atoms with Gasteiger partial charge in [-0.1, -0.05) is 0 Å². The number of primary amides is 1. The molecule has 0 bridgehead atoms. The molecule has 2 aromatic carbocycles. The fourth-order valence-electron chi connectivity index (χ4n) is 2.82. The number of amides is 3. The number of likely N-dealkylation sites (N-methyl/N-ethyl adjacent to an activating group) is 1. The predicted molar refractivity (Wildman–Crippen MR) is 111 cm³/mol. The summed E-state index contributed by atoms with van der Waals surface area (Å²) in [5.74, 6) is -0.220. The average molecular weight is 399 g/mol. The molecule has 0 spiro atoms. The summed E-state index contributed by atoms with van der Waals surface area (Å²) in [6, 6.07) is 12.9.